The quantitative estimate of drug-likeness (QED) is 0.0942. The Bertz CT molecular complexity index is 2480. The van der Waals surface area contributed by atoms with E-state index in [2.05, 4.69) is 137 Å². The molecule has 14 aromatic heterocycles. The number of fused-ring (bicyclic) bond motifs is 1. The van der Waals surface area contributed by atoms with Gasteiger partial charge in [0.25, 0.3) is 0 Å². The van der Waals surface area contributed by atoms with E-state index in [1.165, 1.54) is 41.4 Å². The van der Waals surface area contributed by atoms with E-state index in [1.807, 2.05) is 351 Å². The molecule has 0 amide bonds. The Labute approximate surface area is 800 Å². The van der Waals surface area contributed by atoms with Crippen LogP contribution in [-0.4, -0.2) is 96.5 Å². The lowest BCUT2D eigenvalue weighted by Crippen LogP contribution is -1.69. The van der Waals surface area contributed by atoms with Gasteiger partial charge in [0.2, 0.25) is 0 Å². The number of nitrogens with zero attached hydrogens (tertiary/aromatic N) is 17. The summed E-state index contributed by atoms with van der Waals surface area (Å²) in [5, 5.41) is 41.6. The summed E-state index contributed by atoms with van der Waals surface area (Å²) in [7, 11) is 0. The average Bonchev–Trinajstić information content (AvgIpc) is 1.75. The monoisotopic (exact) mass is 1840 g/mol. The van der Waals surface area contributed by atoms with E-state index < -0.39 is 0 Å². The van der Waals surface area contributed by atoms with Crippen molar-refractivity contribution in [3.8, 4) is 0 Å². The van der Waals surface area contributed by atoms with Crippen molar-refractivity contribution in [1.29, 1.82) is 0 Å². The number of furan rings is 2. The molecule has 5 N–H and O–H groups in total. The number of hydrogen-bond donors (Lipinski definition) is 5. The zero-order chi connectivity index (χ0) is 88.4. The fourth-order valence-corrected chi connectivity index (χ4v) is 5.27. The SMILES string of the molecule is C.C.C.C.C.C.C.C.C.C.C.C.C.C.C1N=NN=N1.CC.CC.CC.CC.CC.CC.CC.CC.CC.CC.CC.CC.CC.CC.CC.c1c[nH]cn1.c1cc[nH]c1.c1ccc2[nH]ccc2c1.c1ccncc1.c1ccnnc1.c1ccoc1.c1ccoc1.c1ccsc1.c1cn[nH]c1.c1cnccn1.c1cncnc1.c1cnsc1.c1cscn1.c1nc[nH]n1. The number of aromatic nitrogens is 18. The Balaban J connectivity index is -0.0000000310. The molecule has 0 aliphatic carbocycles. The Hall–Kier alpha value is -11.3. The molecular weight excluding hydrogens is 1640 g/mol. The minimum Gasteiger partial charge on any atom is -0.473 e. The number of rotatable bonds is 0. The highest BCUT2D eigenvalue weighted by Crippen LogP contribution is 2.09. The molecule has 0 saturated heterocycles. The van der Waals surface area contributed by atoms with Gasteiger partial charge in [-0.15, -0.1) is 21.6 Å². The van der Waals surface area contributed by atoms with Gasteiger partial charge in [0.1, 0.15) is 19.0 Å². The molecule has 0 bridgehead atoms. The third-order valence-electron chi connectivity index (χ3n) is 7.37. The Kier molecular flexibility index (Phi) is 403. The second-order valence-corrected chi connectivity index (χ2v) is 15.5. The molecular formula is C100H206N22O2S3. The molecule has 0 fully saturated rings. The Morgan fingerprint density at radius 2 is 0.701 bits per heavy atom. The lowest BCUT2D eigenvalue weighted by atomic mass is 10.3. The molecule has 1 aliphatic rings. The second kappa shape index (κ2) is 259. The number of thiophene rings is 1. The summed E-state index contributed by atoms with van der Waals surface area (Å²) in [4.78, 5) is 38.3. The first-order valence-corrected chi connectivity index (χ1v) is 41.7. The average molecular weight is 1850 g/mol. The summed E-state index contributed by atoms with van der Waals surface area (Å²) in [6.07, 6.45) is 45.4. The maximum absolute atomic E-state index is 4.58. The van der Waals surface area contributed by atoms with Gasteiger partial charge >= 0.3 is 0 Å². The number of H-pyrrole nitrogens is 5. The van der Waals surface area contributed by atoms with E-state index >= 15 is 0 Å². The number of thiazole rings is 1. The summed E-state index contributed by atoms with van der Waals surface area (Å²) < 4.78 is 12.9. The van der Waals surface area contributed by atoms with Gasteiger partial charge in [0.15, 0.2) is 6.67 Å². The highest BCUT2D eigenvalue weighted by Gasteiger charge is 1.87. The van der Waals surface area contributed by atoms with Crippen molar-refractivity contribution in [3.63, 3.8) is 0 Å². The first-order valence-electron chi connectivity index (χ1n) is 39.0. The molecule has 746 valence electrons. The molecule has 0 atom stereocenters. The third kappa shape index (κ3) is 229. The molecule has 15 heterocycles. The van der Waals surface area contributed by atoms with Crippen LogP contribution < -0.4 is 0 Å². The van der Waals surface area contributed by atoms with Crippen LogP contribution >= 0.6 is 34.2 Å². The first kappa shape index (κ1) is 198. The van der Waals surface area contributed by atoms with E-state index in [4.69, 9.17) is 0 Å². The van der Waals surface area contributed by atoms with E-state index in [9.17, 15) is 0 Å². The summed E-state index contributed by atoms with van der Waals surface area (Å²) in [5.74, 6) is 0. The van der Waals surface area contributed by atoms with Crippen LogP contribution in [0.15, 0.2) is 352 Å². The van der Waals surface area contributed by atoms with Crippen molar-refractivity contribution in [2.75, 3.05) is 6.67 Å². The molecule has 27 heteroatoms. The Morgan fingerprint density at radius 3 is 0.866 bits per heavy atom. The number of imidazole rings is 1. The molecule has 0 spiro atoms. The van der Waals surface area contributed by atoms with Crippen LogP contribution in [0.3, 0.4) is 0 Å². The fourth-order valence-electron chi connectivity index (χ4n) is 4.12. The van der Waals surface area contributed by atoms with Crippen LogP contribution in [0.5, 0.6) is 0 Å². The summed E-state index contributed by atoms with van der Waals surface area (Å²) in [5.41, 5.74) is 3.00. The standard InChI is InChI=1S/C8H7N.C5H5N.3C4H4N2.C4H5N.2C4H4O.C4H4S.2C3H4N2.2C3H3NS.C2H3N3.15C2H6.CH2N4.14CH4/c1-2-4-8-7(3-1)5-6-9-8;1-2-4-6-5-3-1;1-2-6-4-3-5-1;1-2-5-4-6-3-1;1-2-4-6-5-3-1;4*1-2-4-5-3-1;1-2-5-3-4-1;1-2-4-5-3-1;1-2-5-3-4-1;1-2-4-5-3-1;1-3-2-5-4-1;15*1-2;1-2-4-5-3-1;;;;;;;;;;;;;;/h1-6,9H;1-5H;3*1-4H;1-5H;3*1-4H;2*1-3H,(H,4,5);2*1-3H;1-2H,(H,3,4,5);15*1-2H3;1H2;14*1H4. The highest BCUT2D eigenvalue weighted by molar-refractivity contribution is 7.07. The van der Waals surface area contributed by atoms with Crippen LogP contribution in [0.4, 0.5) is 0 Å². The number of benzene rings is 1. The minimum absolute atomic E-state index is 0. The number of aromatic amines is 5. The summed E-state index contributed by atoms with van der Waals surface area (Å²) in [6.45, 7) is 60.4. The van der Waals surface area contributed by atoms with E-state index in [-0.39, 0.29) is 104 Å². The highest BCUT2D eigenvalue weighted by atomic mass is 32.1. The van der Waals surface area contributed by atoms with Gasteiger partial charge in [-0.2, -0.15) is 31.7 Å². The maximum Gasteiger partial charge on any atom is 0.175 e. The largest absolute Gasteiger partial charge is 0.473 e. The number of pyridine rings is 1. The van der Waals surface area contributed by atoms with Gasteiger partial charge in [-0.1, -0.05) is 348 Å². The van der Waals surface area contributed by atoms with Crippen LogP contribution in [0.25, 0.3) is 10.9 Å². The van der Waals surface area contributed by atoms with Crippen LogP contribution in [0.1, 0.15) is 312 Å². The maximum atomic E-state index is 4.58. The van der Waals surface area contributed by atoms with Crippen molar-refractivity contribution in [2.45, 2.75) is 312 Å². The van der Waals surface area contributed by atoms with Gasteiger partial charge in [0, 0.05) is 134 Å². The normalized spacial score (nSPS) is 6.47. The van der Waals surface area contributed by atoms with Gasteiger partial charge < -0.3 is 23.8 Å². The summed E-state index contributed by atoms with van der Waals surface area (Å²) >= 11 is 4.78. The zero-order valence-electron chi connectivity index (χ0n) is 74.5. The van der Waals surface area contributed by atoms with Gasteiger partial charge in [-0.05, 0) is 129 Å². The zero-order valence-corrected chi connectivity index (χ0v) is 76.9. The topological polar surface area (TPSA) is 322 Å². The molecule has 0 radical (unpaired) electrons. The van der Waals surface area contributed by atoms with Crippen LogP contribution in [0.2, 0.25) is 0 Å². The van der Waals surface area contributed by atoms with Gasteiger partial charge in [-0.3, -0.25) is 30.1 Å². The Morgan fingerprint density at radius 1 is 0.268 bits per heavy atom. The molecule has 1 aliphatic heterocycles. The van der Waals surface area contributed by atoms with Gasteiger partial charge in [-0.25, -0.2) is 24.3 Å². The molecule has 0 saturated carbocycles. The lowest BCUT2D eigenvalue weighted by molar-refractivity contribution is 0.567. The van der Waals surface area contributed by atoms with Gasteiger partial charge in [0.05, 0.1) is 36.9 Å². The molecule has 16 rings (SSSR count). The first-order chi connectivity index (χ1) is 56.5. The van der Waals surface area contributed by atoms with Crippen molar-refractivity contribution in [1.82, 2.24) is 89.8 Å². The predicted molar refractivity (Wildman–Crippen MR) is 588 cm³/mol. The van der Waals surface area contributed by atoms with Crippen molar-refractivity contribution < 1.29 is 8.83 Å². The third-order valence-corrected chi connectivity index (χ3v) is 9.04. The molecule has 127 heavy (non-hydrogen) atoms. The van der Waals surface area contributed by atoms with E-state index in [0.29, 0.717) is 6.67 Å². The predicted octanol–water partition coefficient (Wildman–Crippen LogP) is 38.0. The molecule has 0 unspecified atom stereocenters. The minimum atomic E-state index is 0. The second-order valence-electron chi connectivity index (χ2n) is 13.2. The lowest BCUT2D eigenvalue weighted by Gasteiger charge is -1.83. The van der Waals surface area contributed by atoms with E-state index in [0.717, 1.165) is 0 Å². The summed E-state index contributed by atoms with van der Waals surface area (Å²) in [6, 6.07) is 40.4. The van der Waals surface area contributed by atoms with Crippen molar-refractivity contribution >= 4 is 45.1 Å². The number of para-hydroxylation sites is 1. The fraction of sp³-hybridized carbons (Fsp3) is 0.450. The van der Waals surface area contributed by atoms with Crippen molar-refractivity contribution in [3.05, 3.63) is 323 Å². The number of nitrogens with one attached hydrogen (secondary N) is 5. The molecule has 24 nitrogen and oxygen atoms in total. The van der Waals surface area contributed by atoms with E-state index in [1.54, 1.807) is 165 Å². The molecule has 15 aromatic rings. The van der Waals surface area contributed by atoms with Crippen LogP contribution in [0, 0.1) is 0 Å². The van der Waals surface area contributed by atoms with Crippen molar-refractivity contribution in [2.24, 2.45) is 20.7 Å². The number of hydrogen-bond acceptors (Lipinski definition) is 22. The smallest absolute Gasteiger partial charge is 0.175 e. The van der Waals surface area contributed by atoms with Crippen LogP contribution in [-0.2, 0) is 0 Å². The molecule has 1 aromatic carbocycles.